The lowest BCUT2D eigenvalue weighted by Crippen LogP contribution is -2.48. The van der Waals surface area contributed by atoms with Crippen LogP contribution in [0.15, 0.2) is 53.4 Å². The molecule has 6 heteroatoms. The van der Waals surface area contributed by atoms with Gasteiger partial charge >= 0.3 is 0 Å². The van der Waals surface area contributed by atoms with Crippen molar-refractivity contribution in [3.05, 3.63) is 64.7 Å². The summed E-state index contributed by atoms with van der Waals surface area (Å²) in [5.41, 5.74) is 1.92. The average Bonchev–Trinajstić information content (AvgIpc) is 2.70. The molecule has 1 saturated heterocycles. The zero-order valence-corrected chi connectivity index (χ0v) is 17.2. The van der Waals surface area contributed by atoms with E-state index in [0.717, 1.165) is 44.2 Å². The van der Waals surface area contributed by atoms with Crippen LogP contribution in [0.1, 0.15) is 15.9 Å². The molecule has 0 unspecified atom stereocenters. The van der Waals surface area contributed by atoms with E-state index in [-0.39, 0.29) is 5.91 Å². The highest BCUT2D eigenvalue weighted by molar-refractivity contribution is 7.98. The average molecular weight is 404 g/mol. The molecule has 1 N–H and O–H groups in total. The number of halogens is 1. The first-order valence-corrected chi connectivity index (χ1v) is 10.9. The molecule has 3 rings (SSSR count). The van der Waals surface area contributed by atoms with E-state index in [1.165, 1.54) is 5.56 Å². The fourth-order valence-corrected chi connectivity index (χ4v) is 3.88. The zero-order chi connectivity index (χ0) is 19.1. The highest BCUT2D eigenvalue weighted by Gasteiger charge is 2.17. The van der Waals surface area contributed by atoms with Gasteiger partial charge in [-0.05, 0) is 30.0 Å². The van der Waals surface area contributed by atoms with Gasteiger partial charge in [-0.2, -0.15) is 0 Å². The maximum Gasteiger partial charge on any atom is 0.252 e. The Morgan fingerprint density at radius 2 is 1.78 bits per heavy atom. The molecule has 1 aliphatic rings. The summed E-state index contributed by atoms with van der Waals surface area (Å²) in [6.45, 7) is 6.70. The van der Waals surface area contributed by atoms with E-state index in [1.807, 2.05) is 18.4 Å². The second-order valence-corrected chi connectivity index (χ2v) is 7.99. The van der Waals surface area contributed by atoms with Crippen LogP contribution in [-0.4, -0.2) is 61.2 Å². The fourth-order valence-electron chi connectivity index (χ4n) is 3.24. The number of nitrogens with zero attached hydrogens (tertiary/aromatic N) is 2. The van der Waals surface area contributed by atoms with Gasteiger partial charge in [-0.15, -0.1) is 11.8 Å². The van der Waals surface area contributed by atoms with Gasteiger partial charge in [-0.1, -0.05) is 41.9 Å². The standard InChI is InChI=1S/C21H26ClN3OS/c1-27-18-7-8-20(22)19(15-18)21(26)23-9-10-24-11-13-25(14-12-24)16-17-5-3-2-4-6-17/h2-8,15H,9-14,16H2,1H3,(H,23,26). The number of carbonyl (C=O) groups excluding carboxylic acids is 1. The van der Waals surface area contributed by atoms with E-state index < -0.39 is 0 Å². The summed E-state index contributed by atoms with van der Waals surface area (Å²) in [4.78, 5) is 18.3. The summed E-state index contributed by atoms with van der Waals surface area (Å²) in [7, 11) is 0. The van der Waals surface area contributed by atoms with E-state index in [9.17, 15) is 4.79 Å². The Labute approximate surface area is 170 Å². The van der Waals surface area contributed by atoms with Gasteiger partial charge in [0.2, 0.25) is 0 Å². The summed E-state index contributed by atoms with van der Waals surface area (Å²) in [6, 6.07) is 16.2. The van der Waals surface area contributed by atoms with Gasteiger partial charge in [0.25, 0.3) is 5.91 Å². The van der Waals surface area contributed by atoms with Crippen molar-refractivity contribution in [2.24, 2.45) is 0 Å². The van der Waals surface area contributed by atoms with Crippen LogP contribution in [0.5, 0.6) is 0 Å². The monoisotopic (exact) mass is 403 g/mol. The topological polar surface area (TPSA) is 35.6 Å². The maximum atomic E-state index is 12.4. The Balaban J connectivity index is 1.40. The van der Waals surface area contributed by atoms with E-state index >= 15 is 0 Å². The molecule has 0 bridgehead atoms. The van der Waals surface area contributed by atoms with Crippen LogP contribution in [0.2, 0.25) is 5.02 Å². The van der Waals surface area contributed by atoms with Gasteiger partial charge in [0, 0.05) is 50.7 Å². The largest absolute Gasteiger partial charge is 0.351 e. The molecule has 1 aliphatic heterocycles. The van der Waals surface area contributed by atoms with Gasteiger partial charge < -0.3 is 5.32 Å². The summed E-state index contributed by atoms with van der Waals surface area (Å²) in [5.74, 6) is -0.0985. The quantitative estimate of drug-likeness (QED) is 0.716. The van der Waals surface area contributed by atoms with E-state index in [0.29, 0.717) is 17.1 Å². The first kappa shape index (κ1) is 20.2. The Kier molecular flexibility index (Phi) is 7.59. The van der Waals surface area contributed by atoms with Crippen LogP contribution in [0, 0.1) is 0 Å². The van der Waals surface area contributed by atoms with Crippen LogP contribution < -0.4 is 5.32 Å². The van der Waals surface area contributed by atoms with Crippen LogP contribution >= 0.6 is 23.4 Å². The van der Waals surface area contributed by atoms with Crippen molar-refractivity contribution in [3.63, 3.8) is 0 Å². The number of nitrogens with one attached hydrogen (secondary N) is 1. The minimum Gasteiger partial charge on any atom is -0.351 e. The van der Waals surface area contributed by atoms with Crippen molar-refractivity contribution in [2.75, 3.05) is 45.5 Å². The lowest BCUT2D eigenvalue weighted by molar-refractivity contribution is 0.0934. The SMILES string of the molecule is CSc1ccc(Cl)c(C(=O)NCCN2CCN(Cc3ccccc3)CC2)c1. The Morgan fingerprint density at radius 3 is 2.48 bits per heavy atom. The number of rotatable bonds is 7. The molecule has 1 amide bonds. The van der Waals surface area contributed by atoms with Gasteiger partial charge in [-0.3, -0.25) is 14.6 Å². The molecule has 0 atom stereocenters. The Hall–Kier alpha value is -1.53. The molecule has 1 fully saturated rings. The van der Waals surface area contributed by atoms with E-state index in [4.69, 9.17) is 11.6 Å². The molecule has 0 radical (unpaired) electrons. The Morgan fingerprint density at radius 1 is 1.07 bits per heavy atom. The van der Waals surface area contributed by atoms with E-state index in [2.05, 4.69) is 45.4 Å². The molecule has 0 spiro atoms. The molecule has 1 heterocycles. The van der Waals surface area contributed by atoms with Gasteiger partial charge in [0.15, 0.2) is 0 Å². The van der Waals surface area contributed by atoms with Gasteiger partial charge in [0.05, 0.1) is 10.6 Å². The second kappa shape index (κ2) is 10.1. The zero-order valence-electron chi connectivity index (χ0n) is 15.7. The lowest BCUT2D eigenvalue weighted by Gasteiger charge is -2.34. The molecular formula is C21H26ClN3OS. The third-order valence-electron chi connectivity index (χ3n) is 4.85. The first-order valence-electron chi connectivity index (χ1n) is 9.26. The molecular weight excluding hydrogens is 378 g/mol. The van der Waals surface area contributed by atoms with Crippen LogP contribution in [0.25, 0.3) is 0 Å². The second-order valence-electron chi connectivity index (χ2n) is 6.71. The highest BCUT2D eigenvalue weighted by atomic mass is 35.5. The van der Waals surface area contributed by atoms with Crippen molar-refractivity contribution in [1.29, 1.82) is 0 Å². The summed E-state index contributed by atoms with van der Waals surface area (Å²) in [5, 5.41) is 3.50. The van der Waals surface area contributed by atoms with Gasteiger partial charge in [-0.25, -0.2) is 0 Å². The van der Waals surface area contributed by atoms with E-state index in [1.54, 1.807) is 17.8 Å². The number of thioether (sulfide) groups is 1. The number of hydrogen-bond donors (Lipinski definition) is 1. The fraction of sp³-hybridized carbons (Fsp3) is 0.381. The summed E-state index contributed by atoms with van der Waals surface area (Å²) in [6.07, 6.45) is 1.99. The smallest absolute Gasteiger partial charge is 0.252 e. The number of carbonyl (C=O) groups is 1. The summed E-state index contributed by atoms with van der Waals surface area (Å²) < 4.78 is 0. The molecule has 2 aromatic rings. The number of hydrogen-bond acceptors (Lipinski definition) is 4. The van der Waals surface area contributed by atoms with Crippen molar-refractivity contribution in [1.82, 2.24) is 15.1 Å². The minimum absolute atomic E-state index is 0.0985. The summed E-state index contributed by atoms with van der Waals surface area (Å²) >= 11 is 7.78. The molecule has 2 aromatic carbocycles. The van der Waals surface area contributed by atoms with Crippen LogP contribution in [0.3, 0.4) is 0 Å². The highest BCUT2D eigenvalue weighted by Crippen LogP contribution is 2.22. The first-order chi connectivity index (χ1) is 13.2. The molecule has 4 nitrogen and oxygen atoms in total. The van der Waals surface area contributed by atoms with Crippen molar-refractivity contribution in [3.8, 4) is 0 Å². The number of benzene rings is 2. The lowest BCUT2D eigenvalue weighted by atomic mass is 10.2. The molecule has 0 saturated carbocycles. The third kappa shape index (κ3) is 5.98. The maximum absolute atomic E-state index is 12.4. The molecule has 0 aliphatic carbocycles. The minimum atomic E-state index is -0.0985. The van der Waals surface area contributed by atoms with Crippen molar-refractivity contribution in [2.45, 2.75) is 11.4 Å². The molecule has 144 valence electrons. The Bertz CT molecular complexity index is 748. The normalized spacial score (nSPS) is 15.6. The van der Waals surface area contributed by atoms with Crippen molar-refractivity contribution >= 4 is 29.3 Å². The van der Waals surface area contributed by atoms with Gasteiger partial charge in [0.1, 0.15) is 0 Å². The number of amides is 1. The van der Waals surface area contributed by atoms with Crippen molar-refractivity contribution < 1.29 is 4.79 Å². The number of piperazine rings is 1. The molecule has 0 aromatic heterocycles. The predicted molar refractivity (Wildman–Crippen MR) is 114 cm³/mol. The predicted octanol–water partition coefficient (Wildman–Crippen LogP) is 3.61. The molecule has 27 heavy (non-hydrogen) atoms. The van der Waals surface area contributed by atoms with Crippen LogP contribution in [0.4, 0.5) is 0 Å². The third-order valence-corrected chi connectivity index (χ3v) is 5.90. The van der Waals surface area contributed by atoms with Crippen LogP contribution in [-0.2, 0) is 6.54 Å².